The Hall–Kier alpha value is -4.07. The normalized spacial score (nSPS) is 13.9. The predicted octanol–water partition coefficient (Wildman–Crippen LogP) is 3.48. The van der Waals surface area contributed by atoms with Crippen LogP contribution in [0.1, 0.15) is 66.9 Å². The Bertz CT molecular complexity index is 1220. The zero-order chi connectivity index (χ0) is 24.8. The molecular weight excluding hydrogens is 444 g/mol. The van der Waals surface area contributed by atoms with E-state index in [0.29, 0.717) is 49.4 Å². The van der Waals surface area contributed by atoms with Crippen LogP contribution in [0.15, 0.2) is 60.8 Å². The number of nitrogens with one attached hydrogen (secondary N) is 1. The fourth-order valence-electron chi connectivity index (χ4n) is 4.36. The van der Waals surface area contributed by atoms with Gasteiger partial charge in [-0.1, -0.05) is 36.4 Å². The first-order valence-electron chi connectivity index (χ1n) is 11.7. The van der Waals surface area contributed by atoms with Crippen molar-refractivity contribution in [3.8, 4) is 0 Å². The molecule has 3 aromatic rings. The Morgan fingerprint density at radius 1 is 1.03 bits per heavy atom. The molecule has 0 aliphatic carbocycles. The van der Waals surface area contributed by atoms with Gasteiger partial charge in [0.05, 0.1) is 16.8 Å². The number of carbonyl (C=O) groups excluding carboxylic acids is 2. The van der Waals surface area contributed by atoms with Crippen LogP contribution in [-0.2, 0) is 6.42 Å². The number of carbonyl (C=O) groups is 3. The predicted molar refractivity (Wildman–Crippen MR) is 131 cm³/mol. The first-order valence-corrected chi connectivity index (χ1v) is 11.7. The number of aromatic nitrogens is 2. The second-order valence-electron chi connectivity index (χ2n) is 8.66. The molecule has 2 N–H and O–H groups in total. The van der Waals surface area contributed by atoms with Gasteiger partial charge in [-0.3, -0.25) is 9.59 Å². The molecule has 0 saturated carbocycles. The number of likely N-dealkylation sites (tertiary alicyclic amines) is 1. The number of rotatable bonds is 7. The van der Waals surface area contributed by atoms with Crippen molar-refractivity contribution in [1.82, 2.24) is 20.2 Å². The van der Waals surface area contributed by atoms with Crippen LogP contribution < -0.4 is 5.32 Å². The highest BCUT2D eigenvalue weighted by Gasteiger charge is 2.29. The minimum Gasteiger partial charge on any atom is -0.478 e. The van der Waals surface area contributed by atoms with Crippen molar-refractivity contribution in [2.75, 3.05) is 19.6 Å². The van der Waals surface area contributed by atoms with Crippen molar-refractivity contribution in [2.45, 2.75) is 32.1 Å². The van der Waals surface area contributed by atoms with Gasteiger partial charge in [0.15, 0.2) is 0 Å². The molecule has 1 aliphatic rings. The molecule has 8 heteroatoms. The fourth-order valence-corrected chi connectivity index (χ4v) is 4.36. The topological polar surface area (TPSA) is 112 Å². The van der Waals surface area contributed by atoms with Gasteiger partial charge >= 0.3 is 5.97 Å². The average Bonchev–Trinajstić information content (AvgIpc) is 2.89. The number of piperidine rings is 1. The van der Waals surface area contributed by atoms with Crippen molar-refractivity contribution in [3.05, 3.63) is 94.6 Å². The Balaban J connectivity index is 1.40. The molecule has 1 saturated heterocycles. The Labute approximate surface area is 204 Å². The first kappa shape index (κ1) is 24.1. The number of hydrogen-bond donors (Lipinski definition) is 2. The lowest BCUT2D eigenvalue weighted by Crippen LogP contribution is -2.38. The number of carboxylic acid groups (broad SMARTS) is 1. The Morgan fingerprint density at radius 2 is 1.74 bits per heavy atom. The van der Waals surface area contributed by atoms with Crippen LogP contribution in [-0.4, -0.2) is 57.4 Å². The monoisotopic (exact) mass is 472 g/mol. The van der Waals surface area contributed by atoms with Crippen LogP contribution in [0.5, 0.6) is 0 Å². The van der Waals surface area contributed by atoms with E-state index in [2.05, 4.69) is 15.3 Å². The van der Waals surface area contributed by atoms with Gasteiger partial charge in [-0.25, -0.2) is 14.8 Å². The molecule has 0 radical (unpaired) electrons. The maximum Gasteiger partial charge on any atom is 0.335 e. The molecule has 0 spiro atoms. The third-order valence-electron chi connectivity index (χ3n) is 6.25. The summed E-state index contributed by atoms with van der Waals surface area (Å²) in [5.74, 6) is -0.818. The lowest BCUT2D eigenvalue weighted by molar-refractivity contribution is 0.0696. The molecule has 1 aliphatic heterocycles. The molecule has 2 amide bonds. The van der Waals surface area contributed by atoms with E-state index in [-0.39, 0.29) is 23.3 Å². The lowest BCUT2D eigenvalue weighted by atomic mass is 9.90. The van der Waals surface area contributed by atoms with Crippen LogP contribution in [0, 0.1) is 6.92 Å². The number of aryl methyl sites for hydroxylation is 1. The van der Waals surface area contributed by atoms with E-state index in [1.807, 2.05) is 30.3 Å². The summed E-state index contributed by atoms with van der Waals surface area (Å²) in [6, 6.07) is 16.1. The third-order valence-corrected chi connectivity index (χ3v) is 6.25. The molecule has 0 unspecified atom stereocenters. The minimum atomic E-state index is -1.06. The smallest absolute Gasteiger partial charge is 0.335 e. The molecular formula is C27H28N4O4. The van der Waals surface area contributed by atoms with Crippen LogP contribution in [0.3, 0.4) is 0 Å². The molecule has 8 nitrogen and oxygen atoms in total. The third kappa shape index (κ3) is 5.90. The SMILES string of the molecule is Cc1ncc(C(=O)NCCc2ccccc2)c(C2CCN(C(=O)c3cccc(C(=O)O)c3)CC2)n1. The van der Waals surface area contributed by atoms with E-state index < -0.39 is 5.97 Å². The quantitative estimate of drug-likeness (QED) is 0.545. The molecule has 2 aromatic carbocycles. The zero-order valence-corrected chi connectivity index (χ0v) is 19.6. The Morgan fingerprint density at radius 3 is 2.46 bits per heavy atom. The van der Waals surface area contributed by atoms with E-state index in [1.165, 1.54) is 12.1 Å². The van der Waals surface area contributed by atoms with E-state index in [9.17, 15) is 19.5 Å². The fraction of sp³-hybridized carbons (Fsp3) is 0.296. The average molecular weight is 473 g/mol. The summed E-state index contributed by atoms with van der Waals surface area (Å²) >= 11 is 0. The van der Waals surface area contributed by atoms with Crippen molar-refractivity contribution >= 4 is 17.8 Å². The summed E-state index contributed by atoms with van der Waals surface area (Å²) in [7, 11) is 0. The maximum absolute atomic E-state index is 13.0. The second-order valence-corrected chi connectivity index (χ2v) is 8.66. The number of benzene rings is 2. The van der Waals surface area contributed by atoms with E-state index in [0.717, 1.165) is 17.7 Å². The molecule has 2 heterocycles. The zero-order valence-electron chi connectivity index (χ0n) is 19.6. The van der Waals surface area contributed by atoms with Gasteiger partial charge in [0, 0.05) is 37.3 Å². The number of hydrogen-bond acceptors (Lipinski definition) is 5. The number of amides is 2. The van der Waals surface area contributed by atoms with Crippen molar-refractivity contribution in [2.24, 2.45) is 0 Å². The van der Waals surface area contributed by atoms with Crippen molar-refractivity contribution in [1.29, 1.82) is 0 Å². The van der Waals surface area contributed by atoms with Gasteiger partial charge in [0.1, 0.15) is 5.82 Å². The number of aromatic carboxylic acids is 1. The summed E-state index contributed by atoms with van der Waals surface area (Å²) in [6.07, 6.45) is 3.64. The van der Waals surface area contributed by atoms with Crippen molar-refractivity contribution in [3.63, 3.8) is 0 Å². The van der Waals surface area contributed by atoms with Gasteiger partial charge in [-0.05, 0) is 49.9 Å². The van der Waals surface area contributed by atoms with Crippen LogP contribution in [0.4, 0.5) is 0 Å². The lowest BCUT2D eigenvalue weighted by Gasteiger charge is -2.32. The summed E-state index contributed by atoms with van der Waals surface area (Å²) in [5, 5.41) is 12.2. The maximum atomic E-state index is 13.0. The molecule has 0 atom stereocenters. The van der Waals surface area contributed by atoms with Gasteiger partial charge in [-0.15, -0.1) is 0 Å². The molecule has 180 valence electrons. The van der Waals surface area contributed by atoms with Gasteiger partial charge < -0.3 is 15.3 Å². The van der Waals surface area contributed by atoms with Gasteiger partial charge in [-0.2, -0.15) is 0 Å². The second kappa shape index (κ2) is 10.9. The van der Waals surface area contributed by atoms with Crippen LogP contribution >= 0.6 is 0 Å². The summed E-state index contributed by atoms with van der Waals surface area (Å²) in [4.78, 5) is 47.7. The minimum absolute atomic E-state index is 0.0287. The number of nitrogens with zero attached hydrogens (tertiary/aromatic N) is 3. The standard InChI is InChI=1S/C27H28N4O4/c1-18-29-17-23(25(32)28-13-10-19-6-3-2-4-7-19)24(30-18)20-11-14-31(15-12-20)26(33)21-8-5-9-22(16-21)27(34)35/h2-9,16-17,20H,10-15H2,1H3,(H,28,32)(H,34,35). The first-order chi connectivity index (χ1) is 16.9. The van der Waals surface area contributed by atoms with Crippen molar-refractivity contribution < 1.29 is 19.5 Å². The van der Waals surface area contributed by atoms with E-state index in [4.69, 9.17) is 0 Å². The molecule has 0 bridgehead atoms. The highest BCUT2D eigenvalue weighted by Crippen LogP contribution is 2.29. The van der Waals surface area contributed by atoms with E-state index >= 15 is 0 Å². The van der Waals surface area contributed by atoms with Gasteiger partial charge in [0.2, 0.25) is 0 Å². The summed E-state index contributed by atoms with van der Waals surface area (Å²) < 4.78 is 0. The number of carboxylic acids is 1. The Kier molecular flexibility index (Phi) is 7.50. The van der Waals surface area contributed by atoms with E-state index in [1.54, 1.807) is 30.2 Å². The largest absolute Gasteiger partial charge is 0.478 e. The molecule has 1 fully saturated rings. The molecule has 1 aromatic heterocycles. The summed E-state index contributed by atoms with van der Waals surface area (Å²) in [5.41, 5.74) is 2.79. The molecule has 35 heavy (non-hydrogen) atoms. The highest BCUT2D eigenvalue weighted by atomic mass is 16.4. The molecule has 4 rings (SSSR count). The van der Waals surface area contributed by atoms with Crippen LogP contribution in [0.2, 0.25) is 0 Å². The van der Waals surface area contributed by atoms with Gasteiger partial charge in [0.25, 0.3) is 11.8 Å². The highest BCUT2D eigenvalue weighted by molar-refractivity contribution is 5.97. The van der Waals surface area contributed by atoms with Crippen LogP contribution in [0.25, 0.3) is 0 Å². The summed E-state index contributed by atoms with van der Waals surface area (Å²) in [6.45, 7) is 3.31.